The van der Waals surface area contributed by atoms with Crippen LogP contribution in [0.5, 0.6) is 0 Å². The van der Waals surface area contributed by atoms with Crippen LogP contribution in [0.15, 0.2) is 27.8 Å². The summed E-state index contributed by atoms with van der Waals surface area (Å²) in [6.45, 7) is 8.42. The van der Waals surface area contributed by atoms with Gasteiger partial charge in [0.25, 0.3) is 0 Å². The molecule has 32 heavy (non-hydrogen) atoms. The molecule has 2 fully saturated rings. The Morgan fingerprint density at radius 1 is 1.19 bits per heavy atom. The maximum Gasteiger partial charge on any atom is 0.243 e. The molecule has 10 heteroatoms. The highest BCUT2D eigenvalue weighted by molar-refractivity contribution is 14.0. The summed E-state index contributed by atoms with van der Waals surface area (Å²) in [5.41, 5.74) is 0. The lowest BCUT2D eigenvalue weighted by atomic mass is 10.2. The summed E-state index contributed by atoms with van der Waals surface area (Å²) >= 11 is 0. The molecule has 2 aliphatic heterocycles. The van der Waals surface area contributed by atoms with E-state index >= 15 is 0 Å². The van der Waals surface area contributed by atoms with E-state index in [-0.39, 0.29) is 42.5 Å². The van der Waals surface area contributed by atoms with Gasteiger partial charge in [0.2, 0.25) is 5.91 Å². The van der Waals surface area contributed by atoms with Crippen LogP contribution in [-0.4, -0.2) is 106 Å². The van der Waals surface area contributed by atoms with Crippen molar-refractivity contribution >= 4 is 35.8 Å². The number of likely N-dealkylation sites (N-methyl/N-ethyl adjacent to an activating group) is 1. The zero-order valence-electron chi connectivity index (χ0n) is 19.4. The number of hydrogen-bond donors (Lipinski definition) is 2. The van der Waals surface area contributed by atoms with E-state index in [9.17, 15) is 4.79 Å². The molecule has 0 aliphatic carbocycles. The topological polar surface area (TPSA) is 85.6 Å². The van der Waals surface area contributed by atoms with Crippen molar-refractivity contribution in [3.8, 4) is 0 Å². The summed E-state index contributed by atoms with van der Waals surface area (Å²) in [4.78, 5) is 23.0. The molecule has 0 bridgehead atoms. The Hall–Kier alpha value is -1.37. The molecular weight excluding hydrogens is 523 g/mol. The number of nitrogens with one attached hydrogen (secondary N) is 2. The Morgan fingerprint density at radius 3 is 2.59 bits per heavy atom. The number of hydrogen-bond acceptors (Lipinski definition) is 6. The first kappa shape index (κ1) is 26.9. The van der Waals surface area contributed by atoms with Crippen molar-refractivity contribution in [3.05, 3.63) is 24.2 Å². The van der Waals surface area contributed by atoms with E-state index in [2.05, 4.69) is 25.4 Å². The van der Waals surface area contributed by atoms with Gasteiger partial charge < -0.3 is 24.7 Å². The number of morpholine rings is 1. The van der Waals surface area contributed by atoms with Crippen molar-refractivity contribution in [2.24, 2.45) is 4.99 Å². The normalized spacial score (nSPS) is 18.8. The van der Waals surface area contributed by atoms with Gasteiger partial charge in [-0.25, -0.2) is 4.99 Å². The summed E-state index contributed by atoms with van der Waals surface area (Å²) in [6.07, 6.45) is 5.17. The Morgan fingerprint density at radius 2 is 1.94 bits per heavy atom. The molecule has 0 radical (unpaired) electrons. The summed E-state index contributed by atoms with van der Waals surface area (Å²) in [6, 6.07) is 4.13. The first-order valence-electron chi connectivity index (χ1n) is 11.4. The van der Waals surface area contributed by atoms with Gasteiger partial charge in [0.1, 0.15) is 12.3 Å². The molecule has 2 saturated heterocycles. The average Bonchev–Trinajstić information content (AvgIpc) is 3.50. The fourth-order valence-corrected chi connectivity index (χ4v) is 3.93. The van der Waals surface area contributed by atoms with Crippen molar-refractivity contribution in [2.45, 2.75) is 25.3 Å². The summed E-state index contributed by atoms with van der Waals surface area (Å²) in [5, 5.41) is 6.86. The van der Waals surface area contributed by atoms with Gasteiger partial charge >= 0.3 is 0 Å². The molecule has 0 aromatic carbocycles. The van der Waals surface area contributed by atoms with E-state index in [1.807, 2.05) is 12.1 Å². The molecule has 1 atom stereocenters. The molecular formula is C22H39IN6O3. The van der Waals surface area contributed by atoms with Crippen LogP contribution in [0, 0.1) is 0 Å². The number of likely N-dealkylation sites (tertiary alicyclic amines) is 1. The minimum absolute atomic E-state index is 0. The SMILES string of the molecule is CN(C)C(=O)CN=C(NCCCN1CCOCC1)NCC(c1ccco1)N1CCCC1.I. The number of furan rings is 1. The highest BCUT2D eigenvalue weighted by Gasteiger charge is 2.25. The molecule has 1 aromatic rings. The van der Waals surface area contributed by atoms with Crippen LogP contribution in [0.3, 0.4) is 0 Å². The molecule has 3 rings (SSSR count). The molecule has 3 heterocycles. The molecule has 1 amide bonds. The zero-order chi connectivity index (χ0) is 21.9. The van der Waals surface area contributed by atoms with Crippen molar-refractivity contribution < 1.29 is 13.9 Å². The number of amides is 1. The van der Waals surface area contributed by atoms with Crippen LogP contribution in [0.25, 0.3) is 0 Å². The summed E-state index contributed by atoms with van der Waals surface area (Å²) in [5.74, 6) is 1.62. The minimum Gasteiger partial charge on any atom is -0.468 e. The number of halogens is 1. The standard InChI is InChI=1S/C22H38N6O3.HI/c1-26(2)21(29)18-25-22(23-8-6-9-27-12-15-30-16-13-27)24-17-19(20-7-5-14-31-20)28-10-3-4-11-28;/h5,7,14,19H,3-4,6,8-13,15-18H2,1-2H3,(H2,23,24,25);1H. The number of ether oxygens (including phenoxy) is 1. The lowest BCUT2D eigenvalue weighted by Crippen LogP contribution is -2.44. The van der Waals surface area contributed by atoms with Crippen LogP contribution in [0.1, 0.15) is 31.1 Å². The first-order chi connectivity index (χ1) is 15.1. The second-order valence-electron chi connectivity index (χ2n) is 8.34. The van der Waals surface area contributed by atoms with Gasteiger partial charge in [0, 0.05) is 40.3 Å². The molecule has 0 spiro atoms. The number of guanidine groups is 1. The number of aliphatic imine (C=N–C) groups is 1. The van der Waals surface area contributed by atoms with E-state index in [0.29, 0.717) is 12.5 Å². The van der Waals surface area contributed by atoms with Crippen LogP contribution in [0.4, 0.5) is 0 Å². The minimum atomic E-state index is -0.0171. The van der Waals surface area contributed by atoms with Gasteiger partial charge in [0.05, 0.1) is 25.5 Å². The lowest BCUT2D eigenvalue weighted by molar-refractivity contribution is -0.127. The zero-order valence-corrected chi connectivity index (χ0v) is 21.8. The molecule has 2 N–H and O–H groups in total. The largest absolute Gasteiger partial charge is 0.468 e. The van der Waals surface area contributed by atoms with E-state index < -0.39 is 0 Å². The van der Waals surface area contributed by atoms with Crippen molar-refractivity contribution in [3.63, 3.8) is 0 Å². The molecule has 2 aliphatic rings. The average molecular weight is 562 g/mol. The second-order valence-corrected chi connectivity index (χ2v) is 8.34. The molecule has 9 nitrogen and oxygen atoms in total. The number of carbonyl (C=O) groups excluding carboxylic acids is 1. The van der Waals surface area contributed by atoms with E-state index in [4.69, 9.17) is 9.15 Å². The van der Waals surface area contributed by atoms with Crippen LogP contribution in [0.2, 0.25) is 0 Å². The van der Waals surface area contributed by atoms with Gasteiger partial charge in [-0.3, -0.25) is 14.6 Å². The van der Waals surface area contributed by atoms with Gasteiger partial charge in [-0.2, -0.15) is 0 Å². The van der Waals surface area contributed by atoms with Crippen LogP contribution >= 0.6 is 24.0 Å². The first-order valence-corrected chi connectivity index (χ1v) is 11.4. The van der Waals surface area contributed by atoms with Crippen molar-refractivity contribution in [1.82, 2.24) is 25.3 Å². The van der Waals surface area contributed by atoms with Gasteiger partial charge in [-0.05, 0) is 51.0 Å². The number of nitrogens with zero attached hydrogens (tertiary/aromatic N) is 4. The van der Waals surface area contributed by atoms with E-state index in [0.717, 1.165) is 64.7 Å². The van der Waals surface area contributed by atoms with E-state index in [1.54, 1.807) is 25.3 Å². The van der Waals surface area contributed by atoms with Crippen molar-refractivity contribution in [1.29, 1.82) is 0 Å². The highest BCUT2D eigenvalue weighted by Crippen LogP contribution is 2.24. The van der Waals surface area contributed by atoms with Gasteiger partial charge in [0.15, 0.2) is 5.96 Å². The van der Waals surface area contributed by atoms with Crippen LogP contribution < -0.4 is 10.6 Å². The molecule has 1 aromatic heterocycles. The Kier molecular flexibility index (Phi) is 12.4. The molecule has 1 unspecified atom stereocenters. The third-order valence-electron chi connectivity index (χ3n) is 5.83. The van der Waals surface area contributed by atoms with Crippen molar-refractivity contribution in [2.75, 3.05) is 79.7 Å². The maximum absolute atomic E-state index is 12.0. The number of carbonyl (C=O) groups is 1. The van der Waals surface area contributed by atoms with Gasteiger partial charge in [-0.15, -0.1) is 24.0 Å². The predicted molar refractivity (Wildman–Crippen MR) is 137 cm³/mol. The van der Waals surface area contributed by atoms with Crippen LogP contribution in [-0.2, 0) is 9.53 Å². The smallest absolute Gasteiger partial charge is 0.243 e. The monoisotopic (exact) mass is 562 g/mol. The Labute approximate surface area is 208 Å². The Bertz CT molecular complexity index is 673. The second kappa shape index (κ2) is 14.7. The van der Waals surface area contributed by atoms with Gasteiger partial charge in [-0.1, -0.05) is 0 Å². The molecule has 182 valence electrons. The third-order valence-corrected chi connectivity index (χ3v) is 5.83. The summed E-state index contributed by atoms with van der Waals surface area (Å²) < 4.78 is 11.1. The fraction of sp³-hybridized carbons (Fsp3) is 0.727. The summed E-state index contributed by atoms with van der Waals surface area (Å²) in [7, 11) is 3.50. The van der Waals surface area contributed by atoms with E-state index in [1.165, 1.54) is 12.8 Å². The molecule has 0 saturated carbocycles. The Balaban J connectivity index is 0.00000363. The predicted octanol–water partition coefficient (Wildman–Crippen LogP) is 1.38. The maximum atomic E-state index is 12.0. The lowest BCUT2D eigenvalue weighted by Gasteiger charge is -2.27. The number of rotatable bonds is 10. The quantitative estimate of drug-likeness (QED) is 0.193. The highest BCUT2D eigenvalue weighted by atomic mass is 127. The third kappa shape index (κ3) is 8.87. The fourth-order valence-electron chi connectivity index (χ4n) is 3.93.